The van der Waals surface area contributed by atoms with E-state index in [1.165, 1.54) is 7.05 Å². The van der Waals surface area contributed by atoms with Crippen molar-refractivity contribution in [1.82, 2.24) is 19.7 Å². The van der Waals surface area contributed by atoms with Gasteiger partial charge in [0.15, 0.2) is 4.77 Å². The molecule has 1 aromatic rings. The molecule has 1 unspecified atom stereocenters. The van der Waals surface area contributed by atoms with Crippen LogP contribution in [0.2, 0.25) is 0 Å². The zero-order valence-electron chi connectivity index (χ0n) is 9.34. The number of likely N-dealkylation sites (tertiary alicyclic amines) is 1. The molecule has 90 valence electrons. The normalized spacial score (nSPS) is 24.8. The molecule has 0 bridgehead atoms. The maximum atomic E-state index is 12.0. The summed E-state index contributed by atoms with van der Waals surface area (Å²) in [6, 6.07) is -0.505. The number of rotatable bonds is 2. The van der Waals surface area contributed by atoms with Gasteiger partial charge in [0.2, 0.25) is 5.91 Å². The fourth-order valence-electron chi connectivity index (χ4n) is 2.19. The molecule has 1 saturated carbocycles. The second kappa shape index (κ2) is 3.49. The molecular weight excluding hydrogens is 240 g/mol. The van der Waals surface area contributed by atoms with Gasteiger partial charge < -0.3 is 0 Å². The number of imide groups is 1. The lowest BCUT2D eigenvalue weighted by molar-refractivity contribution is -0.137. The van der Waals surface area contributed by atoms with Crippen molar-refractivity contribution < 1.29 is 9.59 Å². The van der Waals surface area contributed by atoms with Crippen LogP contribution in [0, 0.1) is 4.77 Å². The summed E-state index contributed by atoms with van der Waals surface area (Å²) in [5.74, 6) is 0.840. The third-order valence-electron chi connectivity index (χ3n) is 3.34. The summed E-state index contributed by atoms with van der Waals surface area (Å²) >= 11 is 5.15. The van der Waals surface area contributed by atoms with Crippen LogP contribution in [-0.4, -0.2) is 38.5 Å². The number of aromatic amines is 1. The minimum absolute atomic E-state index is 0.162. The van der Waals surface area contributed by atoms with E-state index < -0.39 is 6.04 Å². The van der Waals surface area contributed by atoms with Gasteiger partial charge in [-0.1, -0.05) is 0 Å². The second-order valence-electron chi connectivity index (χ2n) is 4.54. The van der Waals surface area contributed by atoms with Crippen molar-refractivity contribution in [3.8, 4) is 0 Å². The fraction of sp³-hybridized carbons (Fsp3) is 0.600. The molecular formula is C10H12N4O2S. The molecule has 6 nitrogen and oxygen atoms in total. The molecule has 7 heteroatoms. The van der Waals surface area contributed by atoms with Crippen LogP contribution in [-0.2, 0) is 9.59 Å². The first-order valence-corrected chi connectivity index (χ1v) is 5.97. The zero-order chi connectivity index (χ0) is 12.2. The van der Waals surface area contributed by atoms with Crippen molar-refractivity contribution in [3.63, 3.8) is 0 Å². The maximum Gasteiger partial charge on any atom is 0.252 e. The molecule has 1 aromatic heterocycles. The SMILES string of the molecule is CN1C(=O)CC(n2c(C3CC3)n[nH]c2=S)C1=O. The highest BCUT2D eigenvalue weighted by molar-refractivity contribution is 7.71. The Morgan fingerprint density at radius 2 is 2.12 bits per heavy atom. The van der Waals surface area contributed by atoms with Gasteiger partial charge in [-0.3, -0.25) is 24.2 Å². The number of hydrogen-bond donors (Lipinski definition) is 1. The summed E-state index contributed by atoms with van der Waals surface area (Å²) in [5, 5.41) is 6.89. The Hall–Kier alpha value is -1.50. The van der Waals surface area contributed by atoms with Gasteiger partial charge in [0.25, 0.3) is 5.91 Å². The van der Waals surface area contributed by atoms with Gasteiger partial charge in [-0.15, -0.1) is 0 Å². The van der Waals surface area contributed by atoms with E-state index in [4.69, 9.17) is 12.2 Å². The predicted octanol–water partition coefficient (Wildman–Crippen LogP) is 0.748. The molecule has 1 saturated heterocycles. The first-order chi connectivity index (χ1) is 8.09. The van der Waals surface area contributed by atoms with Gasteiger partial charge in [0.05, 0.1) is 6.42 Å². The summed E-state index contributed by atoms with van der Waals surface area (Å²) in [6.45, 7) is 0. The van der Waals surface area contributed by atoms with Crippen molar-refractivity contribution in [3.05, 3.63) is 10.6 Å². The van der Waals surface area contributed by atoms with Gasteiger partial charge in [-0.05, 0) is 25.1 Å². The van der Waals surface area contributed by atoms with Crippen LogP contribution >= 0.6 is 12.2 Å². The molecule has 1 aliphatic carbocycles. The van der Waals surface area contributed by atoms with Crippen LogP contribution < -0.4 is 0 Å². The van der Waals surface area contributed by atoms with E-state index in [1.54, 1.807) is 4.57 Å². The average molecular weight is 252 g/mol. The number of amides is 2. The number of hydrogen-bond acceptors (Lipinski definition) is 4. The summed E-state index contributed by atoms with van der Waals surface area (Å²) < 4.78 is 2.14. The fourth-order valence-corrected chi connectivity index (χ4v) is 2.45. The Balaban J connectivity index is 2.04. The van der Waals surface area contributed by atoms with Crippen LogP contribution in [0.15, 0.2) is 0 Å². The highest BCUT2D eigenvalue weighted by atomic mass is 32.1. The van der Waals surface area contributed by atoms with E-state index in [0.717, 1.165) is 23.6 Å². The first kappa shape index (κ1) is 10.6. The van der Waals surface area contributed by atoms with E-state index in [-0.39, 0.29) is 18.2 Å². The highest BCUT2D eigenvalue weighted by Gasteiger charge is 2.41. The monoisotopic (exact) mass is 252 g/mol. The Bertz CT molecular complexity index is 557. The standard InChI is InChI=1S/C10H12N4O2S/c1-13-7(15)4-6(9(13)16)14-8(5-2-3-5)11-12-10(14)17/h5-6H,2-4H2,1H3,(H,12,17). The van der Waals surface area contributed by atoms with Crippen molar-refractivity contribution >= 4 is 24.0 Å². The Labute approximate surface area is 103 Å². The minimum atomic E-state index is -0.505. The molecule has 1 atom stereocenters. The van der Waals surface area contributed by atoms with E-state index in [0.29, 0.717) is 10.7 Å². The molecule has 2 heterocycles. The first-order valence-electron chi connectivity index (χ1n) is 5.57. The number of nitrogens with one attached hydrogen (secondary N) is 1. The molecule has 1 aliphatic heterocycles. The number of carbonyl (C=O) groups is 2. The molecule has 0 spiro atoms. The third-order valence-corrected chi connectivity index (χ3v) is 3.63. The van der Waals surface area contributed by atoms with E-state index >= 15 is 0 Å². The van der Waals surface area contributed by atoms with Crippen molar-refractivity contribution in [1.29, 1.82) is 0 Å². The number of nitrogens with zero attached hydrogens (tertiary/aromatic N) is 3. The number of likely N-dealkylation sites (N-methyl/N-ethyl adjacent to an activating group) is 1. The molecule has 17 heavy (non-hydrogen) atoms. The average Bonchev–Trinajstić information content (AvgIpc) is 3.03. The molecule has 2 amide bonds. The van der Waals surface area contributed by atoms with Gasteiger partial charge in [-0.2, -0.15) is 5.10 Å². The van der Waals surface area contributed by atoms with Crippen LogP contribution in [0.1, 0.15) is 37.0 Å². The quantitative estimate of drug-likeness (QED) is 0.622. The summed E-state index contributed by atoms with van der Waals surface area (Å²) in [4.78, 5) is 24.6. The summed E-state index contributed by atoms with van der Waals surface area (Å²) in [5.41, 5.74) is 0. The topological polar surface area (TPSA) is 71.0 Å². The lowest BCUT2D eigenvalue weighted by Crippen LogP contribution is -2.27. The van der Waals surface area contributed by atoms with E-state index in [9.17, 15) is 9.59 Å². The summed E-state index contributed by atoms with van der Waals surface area (Å²) in [6.07, 6.45) is 2.33. The molecule has 3 rings (SSSR count). The lowest BCUT2D eigenvalue weighted by Gasteiger charge is -2.12. The number of carbonyl (C=O) groups excluding carboxylic acids is 2. The maximum absolute atomic E-state index is 12.0. The second-order valence-corrected chi connectivity index (χ2v) is 4.93. The molecule has 1 N–H and O–H groups in total. The van der Waals surface area contributed by atoms with Gasteiger partial charge in [0.1, 0.15) is 11.9 Å². The Morgan fingerprint density at radius 1 is 1.41 bits per heavy atom. The van der Waals surface area contributed by atoms with Crippen molar-refractivity contribution in [2.45, 2.75) is 31.2 Å². The van der Waals surface area contributed by atoms with E-state index in [1.807, 2.05) is 0 Å². The van der Waals surface area contributed by atoms with Crippen LogP contribution in [0.3, 0.4) is 0 Å². The van der Waals surface area contributed by atoms with Gasteiger partial charge in [0, 0.05) is 13.0 Å². The predicted molar refractivity (Wildman–Crippen MR) is 60.8 cm³/mol. The highest BCUT2D eigenvalue weighted by Crippen LogP contribution is 2.40. The van der Waals surface area contributed by atoms with Crippen molar-refractivity contribution in [2.75, 3.05) is 7.05 Å². The van der Waals surface area contributed by atoms with Crippen LogP contribution in [0.25, 0.3) is 0 Å². The van der Waals surface area contributed by atoms with Gasteiger partial charge >= 0.3 is 0 Å². The number of H-pyrrole nitrogens is 1. The van der Waals surface area contributed by atoms with Crippen molar-refractivity contribution in [2.24, 2.45) is 0 Å². The lowest BCUT2D eigenvalue weighted by atomic mass is 10.2. The third kappa shape index (κ3) is 1.53. The largest absolute Gasteiger partial charge is 0.291 e. The molecule has 2 aliphatic rings. The number of aromatic nitrogens is 3. The Morgan fingerprint density at radius 3 is 2.65 bits per heavy atom. The molecule has 2 fully saturated rings. The minimum Gasteiger partial charge on any atom is -0.291 e. The summed E-state index contributed by atoms with van der Waals surface area (Å²) in [7, 11) is 1.51. The Kier molecular flexibility index (Phi) is 2.19. The van der Waals surface area contributed by atoms with Crippen LogP contribution in [0.4, 0.5) is 0 Å². The van der Waals surface area contributed by atoms with Crippen LogP contribution in [0.5, 0.6) is 0 Å². The molecule has 0 radical (unpaired) electrons. The van der Waals surface area contributed by atoms with Gasteiger partial charge in [-0.25, -0.2) is 0 Å². The molecule has 0 aromatic carbocycles. The van der Waals surface area contributed by atoms with E-state index in [2.05, 4.69) is 10.2 Å². The smallest absolute Gasteiger partial charge is 0.252 e. The zero-order valence-corrected chi connectivity index (χ0v) is 10.2.